The van der Waals surface area contributed by atoms with Crippen LogP contribution in [0, 0.1) is 12.8 Å². The monoisotopic (exact) mass is 719 g/mol. The molecule has 0 radical (unpaired) electrons. The van der Waals surface area contributed by atoms with E-state index in [2.05, 4.69) is 21.2 Å². The van der Waals surface area contributed by atoms with Gasteiger partial charge in [0, 0.05) is 24.0 Å². The molecule has 4 aromatic carbocycles. The number of rotatable bonds is 15. The van der Waals surface area contributed by atoms with Crippen LogP contribution in [0.1, 0.15) is 37.5 Å². The first kappa shape index (κ1) is 35.7. The fraction of sp³-hybridized carbons (Fsp3) is 0.297. The summed E-state index contributed by atoms with van der Waals surface area (Å²) >= 11 is 3.47. The lowest BCUT2D eigenvalue weighted by Gasteiger charge is -2.34. The molecular weight excluding hydrogens is 678 g/mol. The van der Waals surface area contributed by atoms with Gasteiger partial charge < -0.3 is 15.0 Å². The van der Waals surface area contributed by atoms with Gasteiger partial charge in [-0.1, -0.05) is 89.9 Å². The first-order chi connectivity index (χ1) is 22.5. The van der Waals surface area contributed by atoms with E-state index >= 15 is 0 Å². The Labute approximate surface area is 286 Å². The van der Waals surface area contributed by atoms with Crippen molar-refractivity contribution in [2.45, 2.75) is 51.6 Å². The van der Waals surface area contributed by atoms with Gasteiger partial charge in [0.1, 0.15) is 18.3 Å². The standard InChI is InChI=1S/C37H42BrN3O5S/c1-5-46-33-19-21-34(22-20-33)47(44,45)41(32-17-11-28(4)12-18-32)26-36(42)40(25-30-13-15-31(38)16-14-30)35(37(43)39-24-27(2)3)23-29-9-7-6-8-10-29/h6-22,27,35H,5,23-26H2,1-4H3,(H,39,43)/t35-/m1/s1. The molecule has 4 rings (SSSR count). The summed E-state index contributed by atoms with van der Waals surface area (Å²) in [5.41, 5.74) is 2.96. The second kappa shape index (κ2) is 16.6. The highest BCUT2D eigenvalue weighted by molar-refractivity contribution is 9.10. The van der Waals surface area contributed by atoms with E-state index in [4.69, 9.17) is 4.74 Å². The number of amides is 2. The number of ether oxygens (including phenoxy) is 1. The van der Waals surface area contributed by atoms with Crippen molar-refractivity contribution >= 4 is 43.5 Å². The molecule has 0 aromatic heterocycles. The molecule has 1 atom stereocenters. The second-order valence-electron chi connectivity index (χ2n) is 11.7. The number of carbonyl (C=O) groups is 2. The van der Waals surface area contributed by atoms with E-state index in [1.165, 1.54) is 17.0 Å². The van der Waals surface area contributed by atoms with Crippen LogP contribution in [0.4, 0.5) is 5.69 Å². The minimum absolute atomic E-state index is 0.0179. The molecule has 10 heteroatoms. The minimum Gasteiger partial charge on any atom is -0.494 e. The van der Waals surface area contributed by atoms with Crippen molar-refractivity contribution in [3.05, 3.63) is 124 Å². The Balaban J connectivity index is 1.78. The molecule has 0 aliphatic rings. The molecule has 2 amide bonds. The van der Waals surface area contributed by atoms with Crippen molar-refractivity contribution in [3.63, 3.8) is 0 Å². The summed E-state index contributed by atoms with van der Waals surface area (Å²) in [6, 6.07) is 29.2. The second-order valence-corrected chi connectivity index (χ2v) is 14.5. The Bertz CT molecular complexity index is 1710. The Morgan fingerprint density at radius 3 is 2.09 bits per heavy atom. The fourth-order valence-corrected chi connectivity index (χ4v) is 6.68. The molecular formula is C37H42BrN3O5S. The average molecular weight is 721 g/mol. The van der Waals surface area contributed by atoms with Crippen molar-refractivity contribution in [3.8, 4) is 5.75 Å². The van der Waals surface area contributed by atoms with E-state index in [9.17, 15) is 18.0 Å². The number of nitrogens with one attached hydrogen (secondary N) is 1. The molecule has 47 heavy (non-hydrogen) atoms. The number of hydrogen-bond acceptors (Lipinski definition) is 5. The van der Waals surface area contributed by atoms with Crippen LogP contribution in [-0.2, 0) is 32.6 Å². The molecule has 0 saturated heterocycles. The predicted octanol–water partition coefficient (Wildman–Crippen LogP) is 6.76. The highest BCUT2D eigenvalue weighted by Gasteiger charge is 2.34. The normalized spacial score (nSPS) is 12.0. The molecule has 1 N–H and O–H groups in total. The van der Waals surface area contributed by atoms with Gasteiger partial charge in [-0.25, -0.2) is 8.42 Å². The largest absolute Gasteiger partial charge is 0.494 e. The van der Waals surface area contributed by atoms with Gasteiger partial charge in [0.05, 0.1) is 17.2 Å². The predicted molar refractivity (Wildman–Crippen MR) is 190 cm³/mol. The molecule has 0 unspecified atom stereocenters. The lowest BCUT2D eigenvalue weighted by Crippen LogP contribution is -2.53. The number of anilines is 1. The Kier molecular flexibility index (Phi) is 12.6. The number of aryl methyl sites for hydroxylation is 1. The van der Waals surface area contributed by atoms with E-state index in [1.54, 1.807) is 36.4 Å². The Morgan fingerprint density at radius 2 is 1.49 bits per heavy atom. The van der Waals surface area contributed by atoms with Gasteiger partial charge >= 0.3 is 0 Å². The summed E-state index contributed by atoms with van der Waals surface area (Å²) in [5, 5.41) is 3.01. The molecule has 248 valence electrons. The zero-order valence-corrected chi connectivity index (χ0v) is 29.6. The first-order valence-corrected chi connectivity index (χ1v) is 17.9. The molecule has 4 aromatic rings. The van der Waals surface area contributed by atoms with E-state index in [1.807, 2.05) is 82.3 Å². The number of benzene rings is 4. The fourth-order valence-electron chi connectivity index (χ4n) is 5.00. The number of nitrogens with zero attached hydrogens (tertiary/aromatic N) is 2. The third kappa shape index (κ3) is 9.92. The van der Waals surface area contributed by atoms with Crippen LogP contribution in [0.25, 0.3) is 0 Å². The molecule has 0 spiro atoms. The zero-order chi connectivity index (χ0) is 34.0. The van der Waals surface area contributed by atoms with Crippen LogP contribution < -0.4 is 14.4 Å². The third-order valence-corrected chi connectivity index (χ3v) is 9.86. The summed E-state index contributed by atoms with van der Waals surface area (Å²) in [7, 11) is -4.21. The van der Waals surface area contributed by atoms with E-state index in [0.29, 0.717) is 24.6 Å². The molecule has 0 heterocycles. The lowest BCUT2D eigenvalue weighted by atomic mass is 10.0. The Morgan fingerprint density at radius 1 is 0.851 bits per heavy atom. The van der Waals surface area contributed by atoms with E-state index < -0.39 is 28.5 Å². The topological polar surface area (TPSA) is 96.0 Å². The van der Waals surface area contributed by atoms with Crippen molar-refractivity contribution < 1.29 is 22.7 Å². The van der Waals surface area contributed by atoms with Crippen LogP contribution >= 0.6 is 15.9 Å². The van der Waals surface area contributed by atoms with Gasteiger partial charge in [-0.15, -0.1) is 0 Å². The smallest absolute Gasteiger partial charge is 0.264 e. The minimum atomic E-state index is -4.21. The summed E-state index contributed by atoms with van der Waals surface area (Å²) in [5.74, 6) is -0.0719. The van der Waals surface area contributed by atoms with E-state index in [-0.39, 0.29) is 29.7 Å². The van der Waals surface area contributed by atoms with Crippen molar-refractivity contribution in [1.82, 2.24) is 10.2 Å². The maximum Gasteiger partial charge on any atom is 0.264 e. The summed E-state index contributed by atoms with van der Waals surface area (Å²) in [6.45, 7) is 8.23. The number of sulfonamides is 1. The highest BCUT2D eigenvalue weighted by atomic mass is 79.9. The van der Waals surface area contributed by atoms with Crippen LogP contribution in [-0.4, -0.2) is 50.9 Å². The summed E-state index contributed by atoms with van der Waals surface area (Å²) in [4.78, 5) is 30.0. The van der Waals surface area contributed by atoms with Gasteiger partial charge in [0.2, 0.25) is 11.8 Å². The maximum absolute atomic E-state index is 14.6. The molecule has 0 bridgehead atoms. The van der Waals surface area contributed by atoms with Gasteiger partial charge in [-0.2, -0.15) is 0 Å². The molecule has 8 nitrogen and oxygen atoms in total. The number of hydrogen-bond donors (Lipinski definition) is 1. The number of carbonyl (C=O) groups excluding carboxylic acids is 2. The highest BCUT2D eigenvalue weighted by Crippen LogP contribution is 2.27. The van der Waals surface area contributed by atoms with Crippen LogP contribution in [0.15, 0.2) is 112 Å². The SMILES string of the molecule is CCOc1ccc(S(=O)(=O)N(CC(=O)N(Cc2ccc(Br)cc2)[C@H](Cc2ccccc2)C(=O)NCC(C)C)c2ccc(C)cc2)cc1. The molecule has 0 aliphatic heterocycles. The van der Waals surface area contributed by atoms with Gasteiger partial charge in [-0.05, 0) is 79.4 Å². The lowest BCUT2D eigenvalue weighted by molar-refractivity contribution is -0.140. The maximum atomic E-state index is 14.6. The molecule has 0 fully saturated rings. The van der Waals surface area contributed by atoms with Gasteiger partial charge in [-0.3, -0.25) is 13.9 Å². The van der Waals surface area contributed by atoms with Crippen molar-refractivity contribution in [2.24, 2.45) is 5.92 Å². The van der Waals surface area contributed by atoms with Gasteiger partial charge in [0.15, 0.2) is 0 Å². The Hall–Kier alpha value is -4.15. The third-order valence-electron chi connectivity index (χ3n) is 7.55. The number of halogens is 1. The van der Waals surface area contributed by atoms with Crippen molar-refractivity contribution in [1.29, 1.82) is 0 Å². The molecule has 0 saturated carbocycles. The van der Waals surface area contributed by atoms with Crippen LogP contribution in [0.3, 0.4) is 0 Å². The zero-order valence-electron chi connectivity index (χ0n) is 27.2. The summed E-state index contributed by atoms with van der Waals surface area (Å²) in [6.07, 6.45) is 0.253. The van der Waals surface area contributed by atoms with Crippen molar-refractivity contribution in [2.75, 3.05) is 24.0 Å². The molecule has 0 aliphatic carbocycles. The quantitative estimate of drug-likeness (QED) is 0.147. The van der Waals surface area contributed by atoms with Crippen LogP contribution in [0.2, 0.25) is 0 Å². The summed E-state index contributed by atoms with van der Waals surface area (Å²) < 4.78 is 36.0. The van der Waals surface area contributed by atoms with Gasteiger partial charge in [0.25, 0.3) is 10.0 Å². The van der Waals surface area contributed by atoms with E-state index in [0.717, 1.165) is 25.5 Å². The average Bonchev–Trinajstić information content (AvgIpc) is 3.06. The first-order valence-electron chi connectivity index (χ1n) is 15.7. The van der Waals surface area contributed by atoms with Crippen LogP contribution in [0.5, 0.6) is 5.75 Å².